The second-order valence-corrected chi connectivity index (χ2v) is 6.21. The number of carbonyl (C=O) groups is 1. The van der Waals surface area contributed by atoms with Gasteiger partial charge in [-0.1, -0.05) is 40.5 Å². The molecule has 0 spiro atoms. The fourth-order valence-electron chi connectivity index (χ4n) is 2.47. The van der Waals surface area contributed by atoms with Crippen molar-refractivity contribution in [3.05, 3.63) is 58.9 Å². The van der Waals surface area contributed by atoms with E-state index in [0.29, 0.717) is 34.6 Å². The van der Waals surface area contributed by atoms with Crippen molar-refractivity contribution in [3.63, 3.8) is 0 Å². The van der Waals surface area contributed by atoms with E-state index in [2.05, 4.69) is 15.5 Å². The summed E-state index contributed by atoms with van der Waals surface area (Å²) < 4.78 is 10.4. The van der Waals surface area contributed by atoms with E-state index < -0.39 is 0 Å². The average Bonchev–Trinajstić information content (AvgIpc) is 3.09. The van der Waals surface area contributed by atoms with Crippen LogP contribution < -0.4 is 10.1 Å². The van der Waals surface area contributed by atoms with Gasteiger partial charge in [-0.3, -0.25) is 4.79 Å². The van der Waals surface area contributed by atoms with E-state index >= 15 is 0 Å². The number of ether oxygens (including phenoxy) is 1. The molecule has 0 saturated heterocycles. The maximum Gasteiger partial charge on any atom is 0.227 e. The molecule has 1 heterocycles. The molecule has 0 fully saturated rings. The lowest BCUT2D eigenvalue weighted by atomic mass is 10.1. The zero-order valence-electron chi connectivity index (χ0n) is 14.5. The number of amides is 1. The van der Waals surface area contributed by atoms with E-state index in [1.54, 1.807) is 18.2 Å². The lowest BCUT2D eigenvalue weighted by Crippen LogP contribution is -2.13. The van der Waals surface area contributed by atoms with Crippen molar-refractivity contribution in [3.8, 4) is 17.1 Å². The zero-order valence-corrected chi connectivity index (χ0v) is 15.2. The molecule has 1 N–H and O–H groups in total. The minimum Gasteiger partial charge on any atom is -0.495 e. The third-order valence-electron chi connectivity index (χ3n) is 3.75. The van der Waals surface area contributed by atoms with Crippen molar-refractivity contribution in [2.45, 2.75) is 19.8 Å². The molecule has 3 rings (SSSR count). The molecule has 26 heavy (non-hydrogen) atoms. The van der Waals surface area contributed by atoms with E-state index in [0.717, 1.165) is 11.1 Å². The van der Waals surface area contributed by atoms with Crippen molar-refractivity contribution in [1.29, 1.82) is 0 Å². The van der Waals surface area contributed by atoms with E-state index in [1.165, 1.54) is 7.11 Å². The number of methoxy groups -OCH3 is 1. The van der Waals surface area contributed by atoms with Crippen molar-refractivity contribution in [1.82, 2.24) is 10.1 Å². The number of halogens is 1. The number of nitrogens with one attached hydrogen (secondary N) is 1. The third kappa shape index (κ3) is 4.40. The van der Waals surface area contributed by atoms with Gasteiger partial charge in [-0.25, -0.2) is 0 Å². The summed E-state index contributed by atoms with van der Waals surface area (Å²) in [6.07, 6.45) is 0.540. The normalized spacial score (nSPS) is 10.6. The lowest BCUT2D eigenvalue weighted by molar-refractivity contribution is -0.116. The number of carbonyl (C=O) groups excluding carboxylic acids is 1. The van der Waals surface area contributed by atoms with Crippen molar-refractivity contribution < 1.29 is 14.1 Å². The predicted octanol–water partition coefficient (Wildman–Crippen LogP) is 4.28. The minimum atomic E-state index is -0.194. The molecule has 0 aliphatic carbocycles. The fraction of sp³-hybridized carbons (Fsp3) is 0.211. The van der Waals surface area contributed by atoms with Crippen LogP contribution in [0.15, 0.2) is 47.0 Å². The molecule has 1 aromatic heterocycles. The van der Waals surface area contributed by atoms with Crippen molar-refractivity contribution in [2.24, 2.45) is 0 Å². The van der Waals surface area contributed by atoms with Crippen LogP contribution in [-0.4, -0.2) is 23.2 Å². The molecular formula is C19H18ClN3O3. The molecule has 0 saturated carbocycles. The summed E-state index contributed by atoms with van der Waals surface area (Å²) in [5, 5.41) is 7.27. The Bertz CT molecular complexity index is 924. The highest BCUT2D eigenvalue weighted by molar-refractivity contribution is 6.31. The van der Waals surface area contributed by atoms with Gasteiger partial charge >= 0.3 is 0 Å². The van der Waals surface area contributed by atoms with E-state index in [9.17, 15) is 4.79 Å². The summed E-state index contributed by atoms with van der Waals surface area (Å²) in [5.41, 5.74) is 2.52. The first kappa shape index (κ1) is 17.9. The Labute approximate surface area is 156 Å². The van der Waals surface area contributed by atoms with Gasteiger partial charge in [0, 0.05) is 23.4 Å². The Hall–Kier alpha value is -2.86. The van der Waals surface area contributed by atoms with Gasteiger partial charge in [-0.2, -0.15) is 4.98 Å². The summed E-state index contributed by atoms with van der Waals surface area (Å²) in [7, 11) is 1.53. The number of benzene rings is 2. The molecule has 134 valence electrons. The standard InChI is InChI=1S/C19H18ClN3O3/c1-12-4-3-5-13(10-12)19-22-18(26-23-19)9-8-17(24)21-15-11-14(20)6-7-16(15)25-2/h3-7,10-11H,8-9H2,1-2H3,(H,21,24). The Balaban J connectivity index is 1.61. The SMILES string of the molecule is COc1ccc(Cl)cc1NC(=O)CCc1nc(-c2cccc(C)c2)no1. The van der Waals surface area contributed by atoms with Gasteiger partial charge in [0.25, 0.3) is 0 Å². The topological polar surface area (TPSA) is 77.2 Å². The third-order valence-corrected chi connectivity index (χ3v) is 3.98. The first-order chi connectivity index (χ1) is 12.5. The van der Waals surface area contributed by atoms with Gasteiger partial charge in [-0.05, 0) is 31.2 Å². The van der Waals surface area contributed by atoms with Crippen LogP contribution in [0.4, 0.5) is 5.69 Å². The van der Waals surface area contributed by atoms with E-state index in [4.69, 9.17) is 20.9 Å². The first-order valence-corrected chi connectivity index (χ1v) is 8.46. The molecule has 0 radical (unpaired) electrons. The maximum atomic E-state index is 12.2. The molecule has 0 atom stereocenters. The van der Waals surface area contributed by atoms with Gasteiger partial charge in [-0.15, -0.1) is 0 Å². The van der Waals surface area contributed by atoms with Crippen LogP contribution in [0, 0.1) is 6.92 Å². The molecule has 0 aliphatic heterocycles. The highest BCUT2D eigenvalue weighted by Crippen LogP contribution is 2.27. The van der Waals surface area contributed by atoms with Crippen molar-refractivity contribution in [2.75, 3.05) is 12.4 Å². The molecule has 3 aromatic rings. The fourth-order valence-corrected chi connectivity index (χ4v) is 2.64. The first-order valence-electron chi connectivity index (χ1n) is 8.08. The summed E-state index contributed by atoms with van der Waals surface area (Å²) in [6.45, 7) is 2.00. The van der Waals surface area contributed by atoms with Gasteiger partial charge in [0.15, 0.2) is 0 Å². The van der Waals surface area contributed by atoms with Crippen LogP contribution >= 0.6 is 11.6 Å². The Morgan fingerprint density at radius 2 is 2.12 bits per heavy atom. The number of hydrogen-bond donors (Lipinski definition) is 1. The van der Waals surface area contributed by atoms with Gasteiger partial charge < -0.3 is 14.6 Å². The molecule has 2 aromatic carbocycles. The summed E-state index contributed by atoms with van der Waals surface area (Å²) in [6, 6.07) is 12.9. The highest BCUT2D eigenvalue weighted by atomic mass is 35.5. The smallest absolute Gasteiger partial charge is 0.227 e. The Morgan fingerprint density at radius 1 is 1.27 bits per heavy atom. The van der Waals surface area contributed by atoms with Gasteiger partial charge in [0.1, 0.15) is 5.75 Å². The monoisotopic (exact) mass is 371 g/mol. The number of hydrogen-bond acceptors (Lipinski definition) is 5. The summed E-state index contributed by atoms with van der Waals surface area (Å²) >= 11 is 5.96. The number of aromatic nitrogens is 2. The molecule has 0 aliphatic rings. The maximum absolute atomic E-state index is 12.2. The molecule has 6 nitrogen and oxygen atoms in total. The summed E-state index contributed by atoms with van der Waals surface area (Å²) in [4.78, 5) is 16.5. The zero-order chi connectivity index (χ0) is 18.5. The van der Waals surface area contributed by atoms with Crippen LogP contribution in [-0.2, 0) is 11.2 Å². The number of aryl methyl sites for hydroxylation is 2. The van der Waals surface area contributed by atoms with Crippen LogP contribution in [0.3, 0.4) is 0 Å². The van der Waals surface area contributed by atoms with E-state index in [-0.39, 0.29) is 12.3 Å². The lowest BCUT2D eigenvalue weighted by Gasteiger charge is -2.10. The number of rotatable bonds is 6. The molecule has 1 amide bonds. The second-order valence-electron chi connectivity index (χ2n) is 5.77. The summed E-state index contributed by atoms with van der Waals surface area (Å²) in [5.74, 6) is 1.28. The molecular weight excluding hydrogens is 354 g/mol. The van der Waals surface area contributed by atoms with Gasteiger partial charge in [0.2, 0.25) is 17.6 Å². The number of nitrogens with zero attached hydrogens (tertiary/aromatic N) is 2. The van der Waals surface area contributed by atoms with Crippen LogP contribution in [0.25, 0.3) is 11.4 Å². The second kappa shape index (κ2) is 8.01. The van der Waals surface area contributed by atoms with Crippen LogP contribution in [0.1, 0.15) is 17.9 Å². The highest BCUT2D eigenvalue weighted by Gasteiger charge is 2.12. The molecule has 7 heteroatoms. The van der Waals surface area contributed by atoms with Crippen LogP contribution in [0.5, 0.6) is 5.75 Å². The van der Waals surface area contributed by atoms with Crippen LogP contribution in [0.2, 0.25) is 5.02 Å². The Morgan fingerprint density at radius 3 is 2.88 bits per heavy atom. The van der Waals surface area contributed by atoms with Crippen molar-refractivity contribution >= 4 is 23.2 Å². The Kier molecular flexibility index (Phi) is 5.53. The molecule has 0 bridgehead atoms. The molecule has 0 unspecified atom stereocenters. The number of anilines is 1. The van der Waals surface area contributed by atoms with E-state index in [1.807, 2.05) is 31.2 Å². The average molecular weight is 372 g/mol. The largest absolute Gasteiger partial charge is 0.495 e. The van der Waals surface area contributed by atoms with Gasteiger partial charge in [0.05, 0.1) is 12.8 Å². The minimum absolute atomic E-state index is 0.194. The predicted molar refractivity (Wildman–Crippen MR) is 99.4 cm³/mol. The quantitative estimate of drug-likeness (QED) is 0.699.